The van der Waals surface area contributed by atoms with Gasteiger partial charge in [-0.25, -0.2) is 9.97 Å². The summed E-state index contributed by atoms with van der Waals surface area (Å²) in [5.74, 6) is 1.26. The molecule has 0 radical (unpaired) electrons. The second-order valence-electron chi connectivity index (χ2n) is 6.14. The Morgan fingerprint density at radius 2 is 1.96 bits per heavy atom. The van der Waals surface area contributed by atoms with Crippen molar-refractivity contribution < 1.29 is 4.79 Å². The Bertz CT molecular complexity index is 919. The third-order valence-electron chi connectivity index (χ3n) is 3.98. The number of aromatic nitrogens is 5. The molecule has 26 heavy (non-hydrogen) atoms. The van der Waals surface area contributed by atoms with E-state index in [1.165, 1.54) is 6.33 Å². The third-order valence-corrected chi connectivity index (χ3v) is 3.98. The molecule has 8 nitrogen and oxygen atoms in total. The average Bonchev–Trinajstić information content (AvgIpc) is 3.08. The second-order valence-corrected chi connectivity index (χ2v) is 6.14. The van der Waals surface area contributed by atoms with Crippen LogP contribution in [-0.4, -0.2) is 44.7 Å². The first-order valence-electron chi connectivity index (χ1n) is 8.21. The van der Waals surface area contributed by atoms with Gasteiger partial charge in [-0.2, -0.15) is 5.10 Å². The Labute approximate surface area is 151 Å². The predicted molar refractivity (Wildman–Crippen MR) is 98.7 cm³/mol. The standard InChI is InChI=1S/C18H21N7O/c1-12(16-21-11-22-25(16)4)23-18(26)14-7-5-6-13(10-14)15-17(24(2)3)20-9-8-19-15/h5-12H,1-4H3,(H,23,26). The smallest absolute Gasteiger partial charge is 0.251 e. The Morgan fingerprint density at radius 3 is 2.65 bits per heavy atom. The Morgan fingerprint density at radius 1 is 1.19 bits per heavy atom. The molecule has 0 saturated carbocycles. The molecule has 3 rings (SSSR count). The van der Waals surface area contributed by atoms with Gasteiger partial charge in [-0.15, -0.1) is 0 Å². The molecule has 1 aromatic carbocycles. The highest BCUT2D eigenvalue weighted by atomic mass is 16.1. The van der Waals surface area contributed by atoms with Crippen LogP contribution in [0.5, 0.6) is 0 Å². The van der Waals surface area contributed by atoms with E-state index in [4.69, 9.17) is 0 Å². The number of rotatable bonds is 5. The molecule has 0 saturated heterocycles. The fourth-order valence-corrected chi connectivity index (χ4v) is 2.71. The zero-order valence-electron chi connectivity index (χ0n) is 15.2. The second kappa shape index (κ2) is 7.30. The molecule has 0 aliphatic rings. The molecule has 0 aliphatic carbocycles. The van der Waals surface area contributed by atoms with Crippen molar-refractivity contribution in [3.05, 3.63) is 54.4 Å². The molecule has 1 unspecified atom stereocenters. The summed E-state index contributed by atoms with van der Waals surface area (Å²) in [5.41, 5.74) is 2.11. The van der Waals surface area contributed by atoms with E-state index < -0.39 is 0 Å². The predicted octanol–water partition coefficient (Wildman–Crippen LogP) is 1.83. The van der Waals surface area contributed by atoms with E-state index in [1.807, 2.05) is 44.1 Å². The minimum Gasteiger partial charge on any atom is -0.361 e. The van der Waals surface area contributed by atoms with E-state index in [-0.39, 0.29) is 11.9 Å². The van der Waals surface area contributed by atoms with E-state index in [1.54, 1.807) is 30.2 Å². The molecule has 3 aromatic rings. The first-order chi connectivity index (χ1) is 12.5. The van der Waals surface area contributed by atoms with Crippen LogP contribution >= 0.6 is 0 Å². The lowest BCUT2D eigenvalue weighted by molar-refractivity contribution is 0.0937. The maximum Gasteiger partial charge on any atom is 0.251 e. The zero-order chi connectivity index (χ0) is 18.7. The lowest BCUT2D eigenvalue weighted by Crippen LogP contribution is -2.28. The number of anilines is 1. The summed E-state index contributed by atoms with van der Waals surface area (Å²) in [7, 11) is 5.61. The molecule has 0 spiro atoms. The maximum absolute atomic E-state index is 12.6. The Kier molecular flexibility index (Phi) is 4.92. The van der Waals surface area contributed by atoms with Crippen molar-refractivity contribution in [1.82, 2.24) is 30.0 Å². The number of benzene rings is 1. The highest BCUT2D eigenvalue weighted by Gasteiger charge is 2.17. The van der Waals surface area contributed by atoms with Gasteiger partial charge in [0.1, 0.15) is 17.8 Å². The van der Waals surface area contributed by atoms with Crippen LogP contribution in [0.15, 0.2) is 43.0 Å². The number of hydrogen-bond acceptors (Lipinski definition) is 6. The summed E-state index contributed by atoms with van der Waals surface area (Å²) in [5, 5.41) is 6.98. The summed E-state index contributed by atoms with van der Waals surface area (Å²) < 4.78 is 1.64. The number of hydrogen-bond donors (Lipinski definition) is 1. The topological polar surface area (TPSA) is 88.8 Å². The monoisotopic (exact) mass is 351 g/mol. The van der Waals surface area contributed by atoms with Crippen LogP contribution in [-0.2, 0) is 7.05 Å². The third kappa shape index (κ3) is 3.53. The molecule has 0 fully saturated rings. The molecular formula is C18H21N7O. The van der Waals surface area contributed by atoms with Crippen molar-refractivity contribution in [2.75, 3.05) is 19.0 Å². The van der Waals surface area contributed by atoms with Crippen molar-refractivity contribution in [2.45, 2.75) is 13.0 Å². The van der Waals surface area contributed by atoms with Crippen molar-refractivity contribution in [2.24, 2.45) is 7.05 Å². The lowest BCUT2D eigenvalue weighted by atomic mass is 10.1. The van der Waals surface area contributed by atoms with Crippen molar-refractivity contribution in [3.8, 4) is 11.3 Å². The molecular weight excluding hydrogens is 330 g/mol. The van der Waals surface area contributed by atoms with Crippen molar-refractivity contribution >= 4 is 11.7 Å². The van der Waals surface area contributed by atoms with Crippen LogP contribution in [0.4, 0.5) is 5.82 Å². The maximum atomic E-state index is 12.6. The van der Waals surface area contributed by atoms with Gasteiger partial charge in [0.25, 0.3) is 5.91 Å². The molecule has 1 amide bonds. The highest BCUT2D eigenvalue weighted by molar-refractivity contribution is 5.95. The molecule has 1 atom stereocenters. The SMILES string of the molecule is CC(NC(=O)c1cccc(-c2nccnc2N(C)C)c1)c1ncnn1C. The van der Waals surface area contributed by atoms with Gasteiger partial charge < -0.3 is 10.2 Å². The molecule has 0 aliphatic heterocycles. The fraction of sp³-hybridized carbons (Fsp3) is 0.278. The van der Waals surface area contributed by atoms with Crippen LogP contribution in [0, 0.1) is 0 Å². The zero-order valence-corrected chi connectivity index (χ0v) is 15.2. The Balaban J connectivity index is 1.86. The summed E-state index contributed by atoms with van der Waals surface area (Å²) in [4.78, 5) is 27.5. The van der Waals surface area contributed by atoms with Gasteiger partial charge in [0, 0.05) is 44.7 Å². The van der Waals surface area contributed by atoms with E-state index in [0.29, 0.717) is 11.4 Å². The van der Waals surface area contributed by atoms with Crippen LogP contribution in [0.1, 0.15) is 29.1 Å². The number of amides is 1. The lowest BCUT2D eigenvalue weighted by Gasteiger charge is -2.16. The first kappa shape index (κ1) is 17.5. The normalized spacial score (nSPS) is 11.8. The summed E-state index contributed by atoms with van der Waals surface area (Å²) in [6, 6.07) is 7.09. The summed E-state index contributed by atoms with van der Waals surface area (Å²) in [6.07, 6.45) is 4.76. The summed E-state index contributed by atoms with van der Waals surface area (Å²) in [6.45, 7) is 1.87. The van der Waals surface area contributed by atoms with Crippen LogP contribution in [0.2, 0.25) is 0 Å². The number of nitrogens with one attached hydrogen (secondary N) is 1. The van der Waals surface area contributed by atoms with E-state index in [9.17, 15) is 4.79 Å². The van der Waals surface area contributed by atoms with Gasteiger partial charge in [0.05, 0.1) is 6.04 Å². The van der Waals surface area contributed by atoms with E-state index >= 15 is 0 Å². The van der Waals surface area contributed by atoms with Crippen LogP contribution < -0.4 is 10.2 Å². The van der Waals surface area contributed by atoms with Gasteiger partial charge >= 0.3 is 0 Å². The van der Waals surface area contributed by atoms with Gasteiger partial charge in [-0.1, -0.05) is 12.1 Å². The number of nitrogens with zero attached hydrogens (tertiary/aromatic N) is 6. The van der Waals surface area contributed by atoms with Crippen molar-refractivity contribution in [1.29, 1.82) is 0 Å². The first-order valence-corrected chi connectivity index (χ1v) is 8.21. The highest BCUT2D eigenvalue weighted by Crippen LogP contribution is 2.26. The van der Waals surface area contributed by atoms with Gasteiger partial charge in [-0.3, -0.25) is 14.5 Å². The molecule has 2 aromatic heterocycles. The molecule has 8 heteroatoms. The van der Waals surface area contributed by atoms with Crippen molar-refractivity contribution in [3.63, 3.8) is 0 Å². The van der Waals surface area contributed by atoms with Crippen LogP contribution in [0.3, 0.4) is 0 Å². The number of carbonyl (C=O) groups is 1. The fourth-order valence-electron chi connectivity index (χ4n) is 2.71. The minimum atomic E-state index is -0.257. The number of carbonyl (C=O) groups excluding carboxylic acids is 1. The quantitative estimate of drug-likeness (QED) is 0.754. The van der Waals surface area contributed by atoms with Gasteiger partial charge in [0.2, 0.25) is 0 Å². The minimum absolute atomic E-state index is 0.183. The molecule has 2 heterocycles. The largest absolute Gasteiger partial charge is 0.361 e. The van der Waals surface area contributed by atoms with Crippen LogP contribution in [0.25, 0.3) is 11.3 Å². The van der Waals surface area contributed by atoms with Gasteiger partial charge in [0.15, 0.2) is 5.82 Å². The van der Waals surface area contributed by atoms with Gasteiger partial charge in [-0.05, 0) is 19.1 Å². The van der Waals surface area contributed by atoms with E-state index in [2.05, 4.69) is 25.4 Å². The molecule has 0 bridgehead atoms. The van der Waals surface area contributed by atoms with E-state index in [0.717, 1.165) is 17.1 Å². The molecule has 1 N–H and O–H groups in total. The molecule has 134 valence electrons. The average molecular weight is 351 g/mol. The summed E-state index contributed by atoms with van der Waals surface area (Å²) >= 11 is 0. The Hall–Kier alpha value is -3.29. The number of aryl methyl sites for hydroxylation is 1.